The molecule has 0 radical (unpaired) electrons. The molecule has 3 heterocycles. The minimum Gasteiger partial charge on any atom is -0.370 e. The number of nitrogens with zero attached hydrogens (tertiary/aromatic N) is 3. The Hall–Kier alpha value is -1.62. The number of nitrogens with one attached hydrogen (secondary N) is 1. The third-order valence-corrected chi connectivity index (χ3v) is 3.55. The number of aromatic nitrogens is 3. The Morgan fingerprint density at radius 3 is 2.88 bits per heavy atom. The molecule has 0 atom stereocenters. The summed E-state index contributed by atoms with van der Waals surface area (Å²) >= 11 is 0. The van der Waals surface area contributed by atoms with Gasteiger partial charge in [0.1, 0.15) is 5.52 Å². The molecule has 1 aliphatic heterocycles. The van der Waals surface area contributed by atoms with Crippen LogP contribution in [0.4, 0.5) is 5.69 Å². The average Bonchev–Trinajstić information content (AvgIpc) is 2.76. The predicted molar refractivity (Wildman–Crippen MR) is 67.9 cm³/mol. The van der Waals surface area contributed by atoms with Crippen molar-refractivity contribution in [1.82, 2.24) is 15.2 Å². The summed E-state index contributed by atoms with van der Waals surface area (Å²) in [5, 5.41) is 6.94. The highest BCUT2D eigenvalue weighted by atomic mass is 15.2. The molecular weight excluding hydrogens is 214 g/mol. The van der Waals surface area contributed by atoms with E-state index in [0.29, 0.717) is 0 Å². The van der Waals surface area contributed by atoms with Crippen LogP contribution in [0.1, 0.15) is 19.8 Å². The number of anilines is 1. The van der Waals surface area contributed by atoms with Crippen LogP contribution in [0.2, 0.25) is 0 Å². The molecular formula is C12H17N5. The van der Waals surface area contributed by atoms with E-state index >= 15 is 0 Å². The van der Waals surface area contributed by atoms with Gasteiger partial charge in [-0.3, -0.25) is 10.1 Å². The van der Waals surface area contributed by atoms with Crippen LogP contribution in [0, 0.1) is 0 Å². The maximum absolute atomic E-state index is 6.13. The SMILES string of the molecule is CC1(N)CCN(c2cnc3cn[nH]c3c2)CC1. The average molecular weight is 231 g/mol. The zero-order valence-corrected chi connectivity index (χ0v) is 9.98. The van der Waals surface area contributed by atoms with Crippen LogP contribution in [-0.2, 0) is 0 Å². The fraction of sp³-hybridized carbons (Fsp3) is 0.500. The van der Waals surface area contributed by atoms with E-state index in [4.69, 9.17) is 5.73 Å². The summed E-state index contributed by atoms with van der Waals surface area (Å²) in [5.74, 6) is 0. The van der Waals surface area contributed by atoms with Crippen molar-refractivity contribution in [2.75, 3.05) is 18.0 Å². The molecule has 1 aliphatic rings. The highest BCUT2D eigenvalue weighted by Crippen LogP contribution is 2.25. The molecule has 5 heteroatoms. The van der Waals surface area contributed by atoms with Gasteiger partial charge in [0.25, 0.3) is 0 Å². The highest BCUT2D eigenvalue weighted by molar-refractivity contribution is 5.77. The van der Waals surface area contributed by atoms with E-state index in [9.17, 15) is 0 Å². The molecule has 0 saturated carbocycles. The lowest BCUT2D eigenvalue weighted by molar-refractivity contribution is 0.364. The van der Waals surface area contributed by atoms with Gasteiger partial charge in [-0.2, -0.15) is 5.10 Å². The maximum Gasteiger partial charge on any atom is 0.108 e. The number of fused-ring (bicyclic) bond motifs is 1. The first-order valence-electron chi connectivity index (χ1n) is 5.97. The quantitative estimate of drug-likeness (QED) is 0.775. The Morgan fingerprint density at radius 2 is 2.12 bits per heavy atom. The lowest BCUT2D eigenvalue weighted by atomic mass is 9.91. The number of hydrogen-bond acceptors (Lipinski definition) is 4. The van der Waals surface area contributed by atoms with Gasteiger partial charge in [-0.25, -0.2) is 0 Å². The zero-order chi connectivity index (χ0) is 11.9. The number of hydrogen-bond donors (Lipinski definition) is 2. The van der Waals surface area contributed by atoms with Crippen molar-refractivity contribution in [3.63, 3.8) is 0 Å². The Bertz CT molecular complexity index is 520. The van der Waals surface area contributed by atoms with Gasteiger partial charge < -0.3 is 10.6 Å². The van der Waals surface area contributed by atoms with E-state index in [1.807, 2.05) is 6.20 Å². The van der Waals surface area contributed by atoms with Gasteiger partial charge in [-0.1, -0.05) is 0 Å². The predicted octanol–water partition coefficient (Wildman–Crippen LogP) is 1.28. The Morgan fingerprint density at radius 1 is 1.35 bits per heavy atom. The second-order valence-electron chi connectivity index (χ2n) is 5.14. The van der Waals surface area contributed by atoms with E-state index in [-0.39, 0.29) is 5.54 Å². The number of pyridine rings is 1. The molecule has 0 amide bonds. The molecule has 90 valence electrons. The summed E-state index contributed by atoms with van der Waals surface area (Å²) < 4.78 is 0. The van der Waals surface area contributed by atoms with Crippen molar-refractivity contribution < 1.29 is 0 Å². The van der Waals surface area contributed by atoms with E-state index in [2.05, 4.69) is 33.1 Å². The summed E-state index contributed by atoms with van der Waals surface area (Å²) in [6.45, 7) is 4.11. The third-order valence-electron chi connectivity index (χ3n) is 3.55. The normalized spacial score (nSPS) is 19.8. The van der Waals surface area contributed by atoms with Crippen molar-refractivity contribution in [2.45, 2.75) is 25.3 Å². The molecule has 3 rings (SSSR count). The molecule has 0 spiro atoms. The smallest absolute Gasteiger partial charge is 0.108 e. The second-order valence-corrected chi connectivity index (χ2v) is 5.14. The van der Waals surface area contributed by atoms with Gasteiger partial charge in [0, 0.05) is 18.6 Å². The summed E-state index contributed by atoms with van der Waals surface area (Å²) in [6.07, 6.45) is 5.70. The molecule has 1 saturated heterocycles. The first-order valence-corrected chi connectivity index (χ1v) is 5.97. The van der Waals surface area contributed by atoms with Gasteiger partial charge in [0.15, 0.2) is 0 Å². The number of piperidine rings is 1. The molecule has 0 unspecified atom stereocenters. The summed E-state index contributed by atoms with van der Waals surface area (Å²) in [7, 11) is 0. The van der Waals surface area contributed by atoms with Crippen molar-refractivity contribution >= 4 is 16.7 Å². The molecule has 5 nitrogen and oxygen atoms in total. The van der Waals surface area contributed by atoms with E-state index in [0.717, 1.165) is 42.7 Å². The first-order chi connectivity index (χ1) is 8.14. The van der Waals surface area contributed by atoms with E-state index < -0.39 is 0 Å². The minimum atomic E-state index is -0.0119. The summed E-state index contributed by atoms with van der Waals surface area (Å²) in [6, 6.07) is 2.11. The number of aromatic amines is 1. The van der Waals surface area contributed by atoms with Gasteiger partial charge >= 0.3 is 0 Å². The lowest BCUT2D eigenvalue weighted by Gasteiger charge is -2.37. The van der Waals surface area contributed by atoms with Crippen molar-refractivity contribution in [3.8, 4) is 0 Å². The highest BCUT2D eigenvalue weighted by Gasteiger charge is 2.26. The van der Waals surface area contributed by atoms with Crippen LogP contribution in [0.5, 0.6) is 0 Å². The molecule has 0 bridgehead atoms. The van der Waals surface area contributed by atoms with Crippen LogP contribution in [-0.4, -0.2) is 33.8 Å². The van der Waals surface area contributed by atoms with Gasteiger partial charge in [0.05, 0.1) is 23.6 Å². The van der Waals surface area contributed by atoms with Crippen LogP contribution >= 0.6 is 0 Å². The topological polar surface area (TPSA) is 70.8 Å². The summed E-state index contributed by atoms with van der Waals surface area (Å²) in [4.78, 5) is 6.72. The number of H-pyrrole nitrogens is 1. The van der Waals surface area contributed by atoms with Gasteiger partial charge in [0.2, 0.25) is 0 Å². The molecule has 0 aromatic carbocycles. The Kier molecular flexibility index (Phi) is 2.29. The van der Waals surface area contributed by atoms with Crippen LogP contribution < -0.4 is 10.6 Å². The lowest BCUT2D eigenvalue weighted by Crippen LogP contribution is -2.48. The molecule has 1 fully saturated rings. The van der Waals surface area contributed by atoms with Crippen LogP contribution in [0.25, 0.3) is 11.0 Å². The van der Waals surface area contributed by atoms with Crippen LogP contribution in [0.15, 0.2) is 18.5 Å². The fourth-order valence-electron chi connectivity index (χ4n) is 2.27. The first kappa shape index (κ1) is 10.5. The largest absolute Gasteiger partial charge is 0.370 e. The monoisotopic (exact) mass is 231 g/mol. The molecule has 17 heavy (non-hydrogen) atoms. The van der Waals surface area contributed by atoms with Gasteiger partial charge in [-0.15, -0.1) is 0 Å². The van der Waals surface area contributed by atoms with Crippen molar-refractivity contribution in [2.24, 2.45) is 5.73 Å². The summed E-state index contributed by atoms with van der Waals surface area (Å²) in [5.41, 5.74) is 9.17. The molecule has 2 aromatic heterocycles. The Labute approximate surface area is 100 Å². The standard InChI is InChI=1S/C12H17N5/c1-12(13)2-4-17(5-3-12)9-6-10-11(14-7-9)8-15-16-10/h6-8H,2-5,13H2,1H3,(H,15,16). The zero-order valence-electron chi connectivity index (χ0n) is 9.98. The van der Waals surface area contributed by atoms with E-state index in [1.54, 1.807) is 6.20 Å². The number of nitrogens with two attached hydrogens (primary N) is 1. The fourth-order valence-corrected chi connectivity index (χ4v) is 2.27. The Balaban J connectivity index is 1.84. The van der Waals surface area contributed by atoms with Crippen molar-refractivity contribution in [1.29, 1.82) is 0 Å². The van der Waals surface area contributed by atoms with Crippen LogP contribution in [0.3, 0.4) is 0 Å². The third kappa shape index (κ3) is 1.98. The maximum atomic E-state index is 6.13. The molecule has 2 aromatic rings. The molecule has 0 aliphatic carbocycles. The van der Waals surface area contributed by atoms with E-state index in [1.165, 1.54) is 0 Å². The minimum absolute atomic E-state index is 0.0119. The second kappa shape index (κ2) is 3.70. The number of rotatable bonds is 1. The van der Waals surface area contributed by atoms with Crippen molar-refractivity contribution in [3.05, 3.63) is 18.5 Å². The molecule has 3 N–H and O–H groups in total. The van der Waals surface area contributed by atoms with Gasteiger partial charge in [-0.05, 0) is 25.8 Å².